The van der Waals surface area contributed by atoms with Gasteiger partial charge in [0, 0.05) is 18.9 Å². The number of imide groups is 1. The average molecular weight is 228 g/mol. The molecule has 1 fully saturated rings. The Labute approximate surface area is 96.6 Å². The fourth-order valence-corrected chi connectivity index (χ4v) is 1.81. The van der Waals surface area contributed by atoms with Crippen molar-refractivity contribution in [2.24, 2.45) is 0 Å². The molecule has 1 aliphatic rings. The van der Waals surface area contributed by atoms with Crippen LogP contribution in [0.1, 0.15) is 33.1 Å². The van der Waals surface area contributed by atoms with Crippen LogP contribution in [-0.4, -0.2) is 37.6 Å². The van der Waals surface area contributed by atoms with Crippen LogP contribution in [0.4, 0.5) is 4.79 Å². The molecular weight excluding hydrogens is 206 g/mol. The summed E-state index contributed by atoms with van der Waals surface area (Å²) in [4.78, 5) is 24.1. The lowest BCUT2D eigenvalue weighted by Gasteiger charge is -2.13. The van der Waals surface area contributed by atoms with Crippen molar-refractivity contribution in [3.05, 3.63) is 0 Å². The fourth-order valence-electron chi connectivity index (χ4n) is 1.81. The van der Waals surface area contributed by atoms with Gasteiger partial charge in [0.05, 0.1) is 13.1 Å². The van der Waals surface area contributed by atoms with Crippen LogP contribution in [-0.2, 0) is 4.79 Å². The molecule has 1 rings (SSSR count). The maximum Gasteiger partial charge on any atom is 0.321 e. The molecule has 16 heavy (non-hydrogen) atoms. The third-order valence-electron chi connectivity index (χ3n) is 2.96. The van der Waals surface area contributed by atoms with Crippen molar-refractivity contribution in [2.75, 3.05) is 19.6 Å². The van der Waals surface area contributed by atoms with Crippen LogP contribution in [0.15, 0.2) is 0 Å². The second-order valence-electron chi connectivity index (χ2n) is 4.46. The Hall–Kier alpha value is -1.10. The van der Waals surface area contributed by atoms with E-state index in [0.717, 1.165) is 19.5 Å². The first kappa shape index (κ1) is 13.0. The van der Waals surface area contributed by atoms with Crippen LogP contribution < -0.4 is 15.5 Å². The summed E-state index contributed by atoms with van der Waals surface area (Å²) in [5.41, 5.74) is 0. The van der Waals surface area contributed by atoms with Gasteiger partial charge < -0.3 is 10.2 Å². The molecule has 0 saturated carbocycles. The molecule has 0 spiro atoms. The molecule has 0 bridgehead atoms. The first-order valence-electron chi connectivity index (χ1n) is 6.05. The van der Waals surface area contributed by atoms with Gasteiger partial charge in [-0.25, -0.2) is 4.79 Å². The van der Waals surface area contributed by atoms with Gasteiger partial charge in [-0.15, -0.1) is 0 Å². The van der Waals surface area contributed by atoms with E-state index in [-0.39, 0.29) is 18.0 Å². The van der Waals surface area contributed by atoms with Crippen LogP contribution in [0, 0.1) is 0 Å². The number of rotatable bonds is 4. The van der Waals surface area contributed by atoms with Gasteiger partial charge in [0.25, 0.3) is 5.91 Å². The number of hydrogen-bond acceptors (Lipinski definition) is 2. The minimum absolute atomic E-state index is 0.104. The molecular formula is C11H22N3O2+. The van der Waals surface area contributed by atoms with E-state index in [1.54, 1.807) is 0 Å². The van der Waals surface area contributed by atoms with Gasteiger partial charge in [-0.1, -0.05) is 6.92 Å². The van der Waals surface area contributed by atoms with Crippen LogP contribution >= 0.6 is 0 Å². The maximum absolute atomic E-state index is 11.5. The number of carbonyl (C=O) groups is 2. The molecule has 3 N–H and O–H groups in total. The fraction of sp³-hybridized carbons (Fsp3) is 0.818. The molecule has 1 aliphatic heterocycles. The predicted molar refractivity (Wildman–Crippen MR) is 61.2 cm³/mol. The first-order chi connectivity index (χ1) is 7.61. The van der Waals surface area contributed by atoms with Gasteiger partial charge >= 0.3 is 6.03 Å². The molecule has 0 radical (unpaired) electrons. The lowest BCUT2D eigenvalue weighted by Crippen LogP contribution is -3.11. The monoisotopic (exact) mass is 228 g/mol. The number of carbonyl (C=O) groups excluding carboxylic acids is 2. The average Bonchev–Trinajstić information content (AvgIpc) is 2.69. The highest BCUT2D eigenvalue weighted by Crippen LogP contribution is 1.88. The molecule has 92 valence electrons. The first-order valence-corrected chi connectivity index (χ1v) is 6.05. The maximum atomic E-state index is 11.5. The quantitative estimate of drug-likeness (QED) is 0.595. The highest BCUT2D eigenvalue weighted by atomic mass is 16.2. The standard InChI is InChI=1S/C11H21N3O2/c1-3-9(2)12-11(16)13-10(15)8-14-6-4-5-7-14/h9H,3-8H2,1-2H3,(H2,12,13,15,16)/p+1/t9-/m1/s1. The molecule has 0 aromatic carbocycles. The molecule has 5 nitrogen and oxygen atoms in total. The normalized spacial score (nSPS) is 18.1. The van der Waals surface area contributed by atoms with Gasteiger partial charge in [-0.3, -0.25) is 10.1 Å². The lowest BCUT2D eigenvalue weighted by molar-refractivity contribution is -0.879. The molecule has 0 unspecified atom stereocenters. The van der Waals surface area contributed by atoms with Gasteiger partial charge in [0.1, 0.15) is 0 Å². The molecule has 0 aromatic heterocycles. The molecule has 0 aromatic rings. The van der Waals surface area contributed by atoms with Crippen LogP contribution in [0.2, 0.25) is 0 Å². The van der Waals surface area contributed by atoms with Crippen molar-refractivity contribution in [3.63, 3.8) is 0 Å². The summed E-state index contributed by atoms with van der Waals surface area (Å²) in [7, 11) is 0. The number of hydrogen-bond donors (Lipinski definition) is 3. The molecule has 1 heterocycles. The third-order valence-corrected chi connectivity index (χ3v) is 2.96. The predicted octanol–water partition coefficient (Wildman–Crippen LogP) is -0.711. The highest BCUT2D eigenvalue weighted by molar-refractivity contribution is 5.94. The molecule has 0 aliphatic carbocycles. The third kappa shape index (κ3) is 4.61. The SMILES string of the molecule is CC[C@@H](C)NC(=O)NC(=O)C[NH+]1CCCC1. The summed E-state index contributed by atoms with van der Waals surface area (Å²) in [5, 5.41) is 5.07. The summed E-state index contributed by atoms with van der Waals surface area (Å²) in [6.45, 7) is 6.39. The number of quaternary nitrogens is 1. The Balaban J connectivity index is 2.19. The molecule has 3 amide bonds. The molecule has 5 heteroatoms. The van der Waals surface area contributed by atoms with E-state index in [2.05, 4.69) is 10.6 Å². The molecule has 1 saturated heterocycles. The number of nitrogens with one attached hydrogen (secondary N) is 3. The zero-order chi connectivity index (χ0) is 12.0. The molecule has 1 atom stereocenters. The van der Waals surface area contributed by atoms with Crippen molar-refractivity contribution >= 4 is 11.9 Å². The number of urea groups is 1. The topological polar surface area (TPSA) is 62.6 Å². The largest absolute Gasteiger partial charge is 0.335 e. The Kier molecular flexibility index (Phi) is 5.25. The van der Waals surface area contributed by atoms with Crippen molar-refractivity contribution in [3.8, 4) is 0 Å². The smallest absolute Gasteiger partial charge is 0.321 e. The zero-order valence-corrected chi connectivity index (χ0v) is 10.1. The van der Waals surface area contributed by atoms with E-state index in [9.17, 15) is 9.59 Å². The van der Waals surface area contributed by atoms with E-state index < -0.39 is 0 Å². The van der Waals surface area contributed by atoms with E-state index in [4.69, 9.17) is 0 Å². The number of amides is 3. The zero-order valence-electron chi connectivity index (χ0n) is 10.1. The van der Waals surface area contributed by atoms with Gasteiger partial charge in [0.2, 0.25) is 0 Å². The van der Waals surface area contributed by atoms with Crippen molar-refractivity contribution in [2.45, 2.75) is 39.2 Å². The Morgan fingerprint density at radius 2 is 1.94 bits per heavy atom. The van der Waals surface area contributed by atoms with Crippen LogP contribution in [0.3, 0.4) is 0 Å². The van der Waals surface area contributed by atoms with E-state index in [1.165, 1.54) is 17.7 Å². The second-order valence-corrected chi connectivity index (χ2v) is 4.46. The Morgan fingerprint density at radius 3 is 2.50 bits per heavy atom. The van der Waals surface area contributed by atoms with Crippen molar-refractivity contribution in [1.29, 1.82) is 0 Å². The minimum Gasteiger partial charge on any atom is -0.335 e. The summed E-state index contributed by atoms with van der Waals surface area (Å²) in [5.74, 6) is -0.183. The van der Waals surface area contributed by atoms with E-state index in [0.29, 0.717) is 6.54 Å². The van der Waals surface area contributed by atoms with E-state index in [1.807, 2.05) is 13.8 Å². The minimum atomic E-state index is -0.377. The number of likely N-dealkylation sites (tertiary alicyclic amines) is 1. The van der Waals surface area contributed by atoms with Crippen molar-refractivity contribution in [1.82, 2.24) is 10.6 Å². The summed E-state index contributed by atoms with van der Waals surface area (Å²) < 4.78 is 0. The summed E-state index contributed by atoms with van der Waals surface area (Å²) in [6, 6.07) is -0.273. The van der Waals surface area contributed by atoms with Crippen LogP contribution in [0.25, 0.3) is 0 Å². The van der Waals surface area contributed by atoms with Gasteiger partial charge in [-0.05, 0) is 13.3 Å². The summed E-state index contributed by atoms with van der Waals surface area (Å²) in [6.07, 6.45) is 3.22. The lowest BCUT2D eigenvalue weighted by atomic mass is 10.3. The highest BCUT2D eigenvalue weighted by Gasteiger charge is 2.20. The Bertz CT molecular complexity index is 250. The van der Waals surface area contributed by atoms with Crippen molar-refractivity contribution < 1.29 is 14.5 Å². The van der Waals surface area contributed by atoms with Gasteiger partial charge in [0.15, 0.2) is 6.54 Å². The Morgan fingerprint density at radius 1 is 1.31 bits per heavy atom. The van der Waals surface area contributed by atoms with Crippen LogP contribution in [0.5, 0.6) is 0 Å². The van der Waals surface area contributed by atoms with Gasteiger partial charge in [-0.2, -0.15) is 0 Å². The second kappa shape index (κ2) is 6.48. The summed E-state index contributed by atoms with van der Waals surface area (Å²) >= 11 is 0. The van der Waals surface area contributed by atoms with E-state index >= 15 is 0 Å².